The Morgan fingerprint density at radius 1 is 1.25 bits per heavy atom. The number of hydrogen-bond donors (Lipinski definition) is 0. The van der Waals surface area contributed by atoms with Crippen molar-refractivity contribution in [2.45, 2.75) is 32.4 Å². The van der Waals surface area contributed by atoms with Crippen LogP contribution in [0.25, 0.3) is 10.9 Å². The molecule has 3 heterocycles. The summed E-state index contributed by atoms with van der Waals surface area (Å²) in [7, 11) is 2.21. The molecule has 0 N–H and O–H groups in total. The SMILES string of the molecule is CC1c2c(n(CCc3cccnc3)c3c(Cl)cccc23)CCN1C. The zero-order chi connectivity index (χ0) is 16.7. The molecule has 1 aliphatic heterocycles. The highest BCUT2D eigenvalue weighted by Crippen LogP contribution is 2.39. The molecule has 0 fully saturated rings. The third-order valence-electron chi connectivity index (χ3n) is 5.31. The minimum absolute atomic E-state index is 0.425. The third-order valence-corrected chi connectivity index (χ3v) is 5.62. The molecule has 4 heteroatoms. The fourth-order valence-electron chi connectivity index (χ4n) is 3.91. The summed E-state index contributed by atoms with van der Waals surface area (Å²) in [5, 5.41) is 2.16. The molecule has 2 aromatic heterocycles. The molecule has 0 spiro atoms. The molecular formula is C20H22ClN3. The Bertz CT molecular complexity index is 869. The summed E-state index contributed by atoms with van der Waals surface area (Å²) in [6.45, 7) is 4.33. The number of likely N-dealkylation sites (N-methyl/N-ethyl adjacent to an activating group) is 1. The Hall–Kier alpha value is -1.84. The molecule has 3 aromatic rings. The van der Waals surface area contributed by atoms with Crippen LogP contribution in [0.1, 0.15) is 29.8 Å². The second-order valence-corrected chi connectivity index (χ2v) is 7.07. The van der Waals surface area contributed by atoms with E-state index in [1.165, 1.54) is 27.7 Å². The lowest BCUT2D eigenvalue weighted by Crippen LogP contribution is -2.31. The molecule has 0 saturated carbocycles. The van der Waals surface area contributed by atoms with Crippen molar-refractivity contribution in [3.63, 3.8) is 0 Å². The van der Waals surface area contributed by atoms with Crippen LogP contribution in [-0.4, -0.2) is 28.0 Å². The Morgan fingerprint density at radius 2 is 2.12 bits per heavy atom. The van der Waals surface area contributed by atoms with Gasteiger partial charge in [-0.05, 0) is 43.7 Å². The average Bonchev–Trinajstić information content (AvgIpc) is 2.93. The van der Waals surface area contributed by atoms with Crippen LogP contribution in [0.4, 0.5) is 0 Å². The first kappa shape index (κ1) is 15.7. The predicted octanol–water partition coefficient (Wildman–Crippen LogP) is 4.48. The van der Waals surface area contributed by atoms with Crippen molar-refractivity contribution in [3.8, 4) is 0 Å². The minimum Gasteiger partial charge on any atom is -0.343 e. The molecule has 1 atom stereocenters. The van der Waals surface area contributed by atoms with E-state index in [2.05, 4.69) is 46.6 Å². The molecule has 1 unspecified atom stereocenters. The topological polar surface area (TPSA) is 21.1 Å². The van der Waals surface area contributed by atoms with Crippen molar-refractivity contribution in [3.05, 3.63) is 64.6 Å². The number of rotatable bonds is 3. The number of nitrogens with zero attached hydrogens (tertiary/aromatic N) is 3. The number of para-hydroxylation sites is 1. The Kier molecular flexibility index (Phi) is 4.07. The van der Waals surface area contributed by atoms with E-state index < -0.39 is 0 Å². The van der Waals surface area contributed by atoms with Gasteiger partial charge in [0, 0.05) is 49.0 Å². The van der Waals surface area contributed by atoms with Crippen LogP contribution in [-0.2, 0) is 19.4 Å². The van der Waals surface area contributed by atoms with E-state index in [-0.39, 0.29) is 0 Å². The fourth-order valence-corrected chi connectivity index (χ4v) is 4.19. The first-order valence-electron chi connectivity index (χ1n) is 8.55. The summed E-state index contributed by atoms with van der Waals surface area (Å²) in [5.41, 5.74) is 5.36. The lowest BCUT2D eigenvalue weighted by atomic mass is 9.97. The van der Waals surface area contributed by atoms with Gasteiger partial charge < -0.3 is 4.57 Å². The molecule has 1 aliphatic rings. The lowest BCUT2D eigenvalue weighted by molar-refractivity contribution is 0.245. The van der Waals surface area contributed by atoms with Crippen LogP contribution < -0.4 is 0 Å². The van der Waals surface area contributed by atoms with Crippen molar-refractivity contribution >= 4 is 22.5 Å². The van der Waals surface area contributed by atoms with Gasteiger partial charge in [0.15, 0.2) is 0 Å². The monoisotopic (exact) mass is 339 g/mol. The largest absolute Gasteiger partial charge is 0.343 e. The maximum Gasteiger partial charge on any atom is 0.0675 e. The smallest absolute Gasteiger partial charge is 0.0675 e. The fraction of sp³-hybridized carbons (Fsp3) is 0.350. The van der Waals surface area contributed by atoms with E-state index in [9.17, 15) is 0 Å². The number of benzene rings is 1. The maximum absolute atomic E-state index is 6.60. The van der Waals surface area contributed by atoms with E-state index in [0.29, 0.717) is 6.04 Å². The lowest BCUT2D eigenvalue weighted by Gasteiger charge is -2.31. The molecule has 124 valence electrons. The molecule has 0 aliphatic carbocycles. The van der Waals surface area contributed by atoms with Crippen molar-refractivity contribution in [2.24, 2.45) is 0 Å². The van der Waals surface area contributed by atoms with Gasteiger partial charge in [-0.15, -0.1) is 0 Å². The Labute approximate surface area is 147 Å². The number of halogens is 1. The van der Waals surface area contributed by atoms with E-state index in [1.807, 2.05) is 24.5 Å². The summed E-state index contributed by atoms with van der Waals surface area (Å²) < 4.78 is 2.45. The molecule has 24 heavy (non-hydrogen) atoms. The van der Waals surface area contributed by atoms with Crippen molar-refractivity contribution < 1.29 is 0 Å². The van der Waals surface area contributed by atoms with Crippen LogP contribution in [0.15, 0.2) is 42.7 Å². The van der Waals surface area contributed by atoms with E-state index >= 15 is 0 Å². The van der Waals surface area contributed by atoms with Gasteiger partial charge in [-0.1, -0.05) is 29.8 Å². The molecular weight excluding hydrogens is 318 g/mol. The molecule has 0 amide bonds. The summed E-state index contributed by atoms with van der Waals surface area (Å²) in [6.07, 6.45) is 5.83. The quantitative estimate of drug-likeness (QED) is 0.701. The molecule has 4 rings (SSSR count). The van der Waals surface area contributed by atoms with Gasteiger partial charge in [0.25, 0.3) is 0 Å². The highest BCUT2D eigenvalue weighted by atomic mass is 35.5. The minimum atomic E-state index is 0.425. The average molecular weight is 340 g/mol. The number of aryl methyl sites for hydroxylation is 2. The second-order valence-electron chi connectivity index (χ2n) is 6.67. The van der Waals surface area contributed by atoms with Gasteiger partial charge in [0.05, 0.1) is 10.5 Å². The zero-order valence-electron chi connectivity index (χ0n) is 14.2. The first-order chi connectivity index (χ1) is 11.7. The Morgan fingerprint density at radius 3 is 2.92 bits per heavy atom. The first-order valence-corrected chi connectivity index (χ1v) is 8.93. The van der Waals surface area contributed by atoms with Gasteiger partial charge >= 0.3 is 0 Å². The van der Waals surface area contributed by atoms with Gasteiger partial charge in [0.2, 0.25) is 0 Å². The van der Waals surface area contributed by atoms with E-state index in [0.717, 1.165) is 31.0 Å². The van der Waals surface area contributed by atoms with Crippen LogP contribution in [0.3, 0.4) is 0 Å². The van der Waals surface area contributed by atoms with Crippen molar-refractivity contribution in [1.29, 1.82) is 0 Å². The van der Waals surface area contributed by atoms with Gasteiger partial charge in [-0.2, -0.15) is 0 Å². The summed E-state index contributed by atoms with van der Waals surface area (Å²) in [6, 6.07) is 10.9. The summed E-state index contributed by atoms with van der Waals surface area (Å²) >= 11 is 6.60. The molecule has 3 nitrogen and oxygen atoms in total. The normalized spacial score (nSPS) is 18.0. The number of hydrogen-bond acceptors (Lipinski definition) is 2. The summed E-state index contributed by atoms with van der Waals surface area (Å²) in [5.74, 6) is 0. The zero-order valence-corrected chi connectivity index (χ0v) is 14.9. The van der Waals surface area contributed by atoms with Crippen molar-refractivity contribution in [2.75, 3.05) is 13.6 Å². The van der Waals surface area contributed by atoms with E-state index in [4.69, 9.17) is 11.6 Å². The molecule has 0 radical (unpaired) electrons. The molecule has 0 bridgehead atoms. The van der Waals surface area contributed by atoms with Crippen LogP contribution in [0.2, 0.25) is 5.02 Å². The second kappa shape index (κ2) is 6.23. The van der Waals surface area contributed by atoms with Gasteiger partial charge in [0.1, 0.15) is 0 Å². The number of pyridine rings is 1. The van der Waals surface area contributed by atoms with Crippen LogP contribution >= 0.6 is 11.6 Å². The van der Waals surface area contributed by atoms with Gasteiger partial charge in [-0.25, -0.2) is 0 Å². The number of aromatic nitrogens is 2. The van der Waals surface area contributed by atoms with Crippen molar-refractivity contribution in [1.82, 2.24) is 14.5 Å². The Balaban J connectivity index is 1.82. The predicted molar refractivity (Wildman–Crippen MR) is 99.6 cm³/mol. The number of fused-ring (bicyclic) bond motifs is 3. The molecule has 1 aromatic carbocycles. The summed E-state index contributed by atoms with van der Waals surface area (Å²) in [4.78, 5) is 6.66. The molecule has 0 saturated heterocycles. The maximum atomic E-state index is 6.60. The third kappa shape index (κ3) is 2.52. The van der Waals surface area contributed by atoms with Gasteiger partial charge in [-0.3, -0.25) is 9.88 Å². The van der Waals surface area contributed by atoms with Crippen LogP contribution in [0.5, 0.6) is 0 Å². The highest BCUT2D eigenvalue weighted by molar-refractivity contribution is 6.35. The van der Waals surface area contributed by atoms with E-state index in [1.54, 1.807) is 0 Å². The standard InChI is InChI=1S/C20H22ClN3/c1-14-19-16-6-3-7-17(21)20(16)24(18(19)9-11-23(14)2)12-8-15-5-4-10-22-13-15/h3-7,10,13-14H,8-9,11-12H2,1-2H3. The highest BCUT2D eigenvalue weighted by Gasteiger charge is 2.28. The van der Waals surface area contributed by atoms with Crippen LogP contribution in [0, 0.1) is 0 Å².